The number of hydrogen-bond acceptors (Lipinski definition) is 5. The minimum absolute atomic E-state index is 0. The topological polar surface area (TPSA) is 83.5 Å². The van der Waals surface area contributed by atoms with Crippen LogP contribution in [0.1, 0.15) is 5.56 Å². The number of aromatic amines is 1. The molecule has 4 rings (SSSR count). The molecule has 156 valence electrons. The maximum absolute atomic E-state index is 6.03. The minimum atomic E-state index is 0. The zero-order valence-electron chi connectivity index (χ0n) is 16.6. The van der Waals surface area contributed by atoms with Crippen LogP contribution in [0, 0.1) is 0 Å². The van der Waals surface area contributed by atoms with Gasteiger partial charge in [0.1, 0.15) is 12.4 Å². The number of anilines is 2. The normalized spacial score (nSPS) is 14.7. The highest BCUT2D eigenvalue weighted by atomic mass is 35.5. The molecule has 6 nitrogen and oxygen atoms in total. The molecular weight excluding hydrogens is 386 g/mol. The summed E-state index contributed by atoms with van der Waals surface area (Å²) in [5, 5.41) is 1.21. The van der Waals surface area contributed by atoms with Crippen molar-refractivity contribution in [3.8, 4) is 5.75 Å². The van der Waals surface area contributed by atoms with Gasteiger partial charge >= 0.3 is 0 Å². The van der Waals surface area contributed by atoms with Crippen LogP contribution in [0.25, 0.3) is 10.9 Å². The third kappa shape index (κ3) is 5.15. The second-order valence-electron chi connectivity index (χ2n) is 7.33. The molecule has 1 aliphatic rings. The fourth-order valence-electron chi connectivity index (χ4n) is 3.82. The van der Waals surface area contributed by atoms with E-state index in [1.165, 1.54) is 16.6 Å². The molecule has 2 heterocycles. The molecule has 0 bridgehead atoms. The van der Waals surface area contributed by atoms with Gasteiger partial charge in [0.2, 0.25) is 0 Å². The van der Waals surface area contributed by atoms with E-state index in [9.17, 15) is 0 Å². The smallest absolute Gasteiger partial charge is 0.120 e. The van der Waals surface area contributed by atoms with Crippen molar-refractivity contribution in [1.82, 2.24) is 9.88 Å². The van der Waals surface area contributed by atoms with Crippen LogP contribution in [0.4, 0.5) is 11.4 Å². The molecule has 1 fully saturated rings. The molecule has 2 aromatic carbocycles. The zero-order valence-corrected chi connectivity index (χ0v) is 17.5. The van der Waals surface area contributed by atoms with Gasteiger partial charge in [0.25, 0.3) is 0 Å². The number of halogens is 1. The number of nitrogens with zero attached hydrogens (tertiary/aromatic N) is 2. The summed E-state index contributed by atoms with van der Waals surface area (Å²) in [4.78, 5) is 8.17. The first-order valence-electron chi connectivity index (χ1n) is 9.98. The first-order chi connectivity index (χ1) is 13.7. The minimum Gasteiger partial charge on any atom is -0.492 e. The molecule has 0 amide bonds. The molecule has 1 aliphatic heterocycles. The molecule has 0 unspecified atom stereocenters. The number of fused-ring (bicyclic) bond motifs is 1. The Hall–Kier alpha value is -2.41. The van der Waals surface area contributed by atoms with Crippen molar-refractivity contribution < 1.29 is 4.74 Å². The summed E-state index contributed by atoms with van der Waals surface area (Å²) >= 11 is 0. The highest BCUT2D eigenvalue weighted by Gasteiger charge is 2.17. The van der Waals surface area contributed by atoms with E-state index in [-0.39, 0.29) is 12.4 Å². The summed E-state index contributed by atoms with van der Waals surface area (Å²) in [6.45, 7) is 6.45. The molecule has 0 spiro atoms. The first kappa shape index (κ1) is 21.3. The maximum Gasteiger partial charge on any atom is 0.120 e. The van der Waals surface area contributed by atoms with Crippen molar-refractivity contribution >= 4 is 34.7 Å². The van der Waals surface area contributed by atoms with Gasteiger partial charge in [-0.1, -0.05) is 0 Å². The number of benzene rings is 2. The molecule has 1 saturated heterocycles. The third-order valence-corrected chi connectivity index (χ3v) is 5.46. The van der Waals surface area contributed by atoms with Crippen molar-refractivity contribution in [2.75, 3.05) is 56.5 Å². The van der Waals surface area contributed by atoms with Crippen LogP contribution in [0.3, 0.4) is 0 Å². The van der Waals surface area contributed by atoms with Gasteiger partial charge in [-0.25, -0.2) is 0 Å². The van der Waals surface area contributed by atoms with Crippen LogP contribution in [0.5, 0.6) is 5.75 Å². The van der Waals surface area contributed by atoms with Gasteiger partial charge in [0.05, 0.1) is 0 Å². The van der Waals surface area contributed by atoms with Crippen molar-refractivity contribution in [1.29, 1.82) is 0 Å². The van der Waals surface area contributed by atoms with E-state index in [0.717, 1.165) is 56.1 Å². The van der Waals surface area contributed by atoms with Crippen molar-refractivity contribution in [2.24, 2.45) is 5.73 Å². The van der Waals surface area contributed by atoms with Crippen molar-refractivity contribution in [3.63, 3.8) is 0 Å². The number of rotatable bonds is 7. The number of hydrogen-bond donors (Lipinski definition) is 3. The standard InChI is InChI=1S/C22H29N5O.ClH/c23-8-7-17-16-25-22-6-5-20(15-21(17)22)28-14-13-26-9-11-27(12-10-26)19-3-1-18(24)2-4-19;/h1-6,15-16,25H,7-14,23-24H2;1H. The fraction of sp³-hybridized carbons (Fsp3) is 0.364. The second kappa shape index (κ2) is 9.87. The Morgan fingerprint density at radius 1 is 1.00 bits per heavy atom. The third-order valence-electron chi connectivity index (χ3n) is 5.46. The first-order valence-corrected chi connectivity index (χ1v) is 9.98. The van der Waals surface area contributed by atoms with E-state index in [1.54, 1.807) is 0 Å². The monoisotopic (exact) mass is 415 g/mol. The number of nitrogens with one attached hydrogen (secondary N) is 1. The molecule has 5 N–H and O–H groups in total. The SMILES string of the molecule is Cl.NCCc1c[nH]c2ccc(OCCN3CCN(c4ccc(N)cc4)CC3)cc12. The average Bonchev–Trinajstić information content (AvgIpc) is 3.12. The van der Waals surface area contributed by atoms with E-state index >= 15 is 0 Å². The summed E-state index contributed by atoms with van der Waals surface area (Å²) in [5.41, 5.74) is 15.9. The number of ether oxygens (including phenoxy) is 1. The van der Waals surface area contributed by atoms with Crippen LogP contribution >= 0.6 is 12.4 Å². The van der Waals surface area contributed by atoms with Gasteiger partial charge in [0, 0.05) is 61.2 Å². The van der Waals surface area contributed by atoms with E-state index in [1.807, 2.05) is 24.4 Å². The highest BCUT2D eigenvalue weighted by Crippen LogP contribution is 2.24. The van der Waals surface area contributed by atoms with Crippen molar-refractivity contribution in [3.05, 3.63) is 54.2 Å². The molecule has 1 aromatic heterocycles. The molecule has 29 heavy (non-hydrogen) atoms. The Balaban J connectivity index is 0.00000240. The van der Waals surface area contributed by atoms with Crippen LogP contribution in [0.15, 0.2) is 48.7 Å². The Bertz CT molecular complexity index is 903. The largest absolute Gasteiger partial charge is 0.492 e. The highest BCUT2D eigenvalue weighted by molar-refractivity contribution is 5.85. The number of aromatic nitrogens is 1. The lowest BCUT2D eigenvalue weighted by molar-refractivity contribution is 0.200. The lowest BCUT2D eigenvalue weighted by atomic mass is 10.1. The quantitative estimate of drug-likeness (QED) is 0.517. The fourth-order valence-corrected chi connectivity index (χ4v) is 3.82. The van der Waals surface area contributed by atoms with E-state index in [4.69, 9.17) is 16.2 Å². The average molecular weight is 416 g/mol. The summed E-state index contributed by atoms with van der Waals surface area (Å²) in [6, 6.07) is 14.4. The second-order valence-corrected chi connectivity index (χ2v) is 7.33. The lowest BCUT2D eigenvalue weighted by Crippen LogP contribution is -2.47. The van der Waals surface area contributed by atoms with Gasteiger partial charge in [-0.3, -0.25) is 4.90 Å². The summed E-state index contributed by atoms with van der Waals surface area (Å²) in [5.74, 6) is 0.922. The molecule has 0 saturated carbocycles. The number of nitrogen functional groups attached to an aromatic ring is 1. The van der Waals surface area contributed by atoms with Gasteiger partial charge in [-0.2, -0.15) is 0 Å². The van der Waals surface area contributed by atoms with E-state index in [0.29, 0.717) is 13.2 Å². The molecule has 3 aromatic rings. The zero-order chi connectivity index (χ0) is 19.3. The number of piperazine rings is 1. The predicted molar refractivity (Wildman–Crippen MR) is 123 cm³/mol. The molecule has 0 radical (unpaired) electrons. The Kier molecular flexibility index (Phi) is 7.25. The number of H-pyrrole nitrogens is 1. The molecule has 0 aliphatic carbocycles. The van der Waals surface area contributed by atoms with Crippen LogP contribution in [0.2, 0.25) is 0 Å². The van der Waals surface area contributed by atoms with E-state index < -0.39 is 0 Å². The maximum atomic E-state index is 6.03. The van der Waals surface area contributed by atoms with Crippen LogP contribution in [-0.4, -0.2) is 55.8 Å². The van der Waals surface area contributed by atoms with Gasteiger partial charge in [-0.15, -0.1) is 12.4 Å². The van der Waals surface area contributed by atoms with Gasteiger partial charge in [0.15, 0.2) is 0 Å². The van der Waals surface area contributed by atoms with Crippen molar-refractivity contribution in [2.45, 2.75) is 6.42 Å². The summed E-state index contributed by atoms with van der Waals surface area (Å²) in [6.07, 6.45) is 2.92. The van der Waals surface area contributed by atoms with Crippen LogP contribution in [-0.2, 0) is 6.42 Å². The molecule has 7 heteroatoms. The lowest BCUT2D eigenvalue weighted by Gasteiger charge is -2.36. The molecule has 0 atom stereocenters. The Morgan fingerprint density at radius 3 is 2.48 bits per heavy atom. The summed E-state index contributed by atoms with van der Waals surface area (Å²) < 4.78 is 6.03. The Morgan fingerprint density at radius 2 is 1.76 bits per heavy atom. The number of nitrogens with two attached hydrogens (primary N) is 2. The predicted octanol–water partition coefficient (Wildman–Crippen LogP) is 2.87. The van der Waals surface area contributed by atoms with Gasteiger partial charge < -0.3 is 26.1 Å². The van der Waals surface area contributed by atoms with E-state index in [2.05, 4.69) is 39.0 Å². The van der Waals surface area contributed by atoms with Gasteiger partial charge in [-0.05, 0) is 61.0 Å². The molecular formula is C22H30ClN5O. The van der Waals surface area contributed by atoms with Crippen LogP contribution < -0.4 is 21.1 Å². The summed E-state index contributed by atoms with van der Waals surface area (Å²) in [7, 11) is 0. The Labute approximate surface area is 178 Å².